The number of ether oxygens (including phenoxy) is 1. The minimum Gasteiger partial charge on any atom is -0.484 e. The van der Waals surface area contributed by atoms with Gasteiger partial charge in [0.2, 0.25) is 0 Å². The number of carbonyl (C=O) groups is 1. The minimum absolute atomic E-state index is 0.0792. The number of carbonyl (C=O) groups excluding carboxylic acids is 1. The van der Waals surface area contributed by atoms with Crippen molar-refractivity contribution in [2.24, 2.45) is 0 Å². The summed E-state index contributed by atoms with van der Waals surface area (Å²) in [7, 11) is 0. The molecule has 0 aliphatic rings. The van der Waals surface area contributed by atoms with Crippen LogP contribution in [0.1, 0.15) is 5.56 Å². The molecule has 22 heavy (non-hydrogen) atoms. The largest absolute Gasteiger partial charge is 0.484 e. The molecule has 1 atom stereocenters. The van der Waals surface area contributed by atoms with Gasteiger partial charge in [0.25, 0.3) is 5.91 Å². The molecule has 2 N–H and O–H groups in total. The normalized spacial score (nSPS) is 11.7. The number of nitrogens with zero attached hydrogens (tertiary/aromatic N) is 1. The van der Waals surface area contributed by atoms with Crippen LogP contribution in [-0.2, 0) is 11.2 Å². The lowest BCUT2D eigenvalue weighted by Crippen LogP contribution is -2.41. The summed E-state index contributed by atoms with van der Waals surface area (Å²) in [6, 6.07) is 10.8. The standard InChI is InChI=1S/C16H17IN2O3/c17-13-3-5-15(6-4-13)22-11-16(21)19-14(10-20)8-12-2-1-7-18-9-12/h1-7,9,14,20H,8,10-11H2,(H,19,21)/t14-/m0/s1. The molecule has 0 spiro atoms. The van der Waals surface area contributed by atoms with Crippen molar-refractivity contribution < 1.29 is 14.6 Å². The van der Waals surface area contributed by atoms with E-state index >= 15 is 0 Å². The van der Waals surface area contributed by atoms with Crippen molar-refractivity contribution in [3.05, 3.63) is 57.9 Å². The highest BCUT2D eigenvalue weighted by Crippen LogP contribution is 2.13. The third-order valence-electron chi connectivity index (χ3n) is 2.97. The zero-order chi connectivity index (χ0) is 15.8. The van der Waals surface area contributed by atoms with Gasteiger partial charge in [-0.05, 0) is 64.9 Å². The second-order valence-electron chi connectivity index (χ2n) is 4.76. The molecular formula is C16H17IN2O3. The molecule has 1 aromatic heterocycles. The molecule has 1 amide bonds. The van der Waals surface area contributed by atoms with E-state index in [2.05, 4.69) is 32.9 Å². The summed E-state index contributed by atoms with van der Waals surface area (Å²) in [4.78, 5) is 15.9. The highest BCUT2D eigenvalue weighted by Gasteiger charge is 2.12. The fourth-order valence-electron chi connectivity index (χ4n) is 1.91. The van der Waals surface area contributed by atoms with Crippen LogP contribution >= 0.6 is 22.6 Å². The second-order valence-corrected chi connectivity index (χ2v) is 6.00. The van der Waals surface area contributed by atoms with Crippen LogP contribution in [0.2, 0.25) is 0 Å². The van der Waals surface area contributed by atoms with Crippen LogP contribution in [0.4, 0.5) is 0 Å². The molecule has 1 heterocycles. The van der Waals surface area contributed by atoms with E-state index in [1.807, 2.05) is 36.4 Å². The monoisotopic (exact) mass is 412 g/mol. The quantitative estimate of drug-likeness (QED) is 0.681. The smallest absolute Gasteiger partial charge is 0.258 e. The number of aromatic nitrogens is 1. The van der Waals surface area contributed by atoms with E-state index in [1.165, 1.54) is 0 Å². The highest BCUT2D eigenvalue weighted by atomic mass is 127. The summed E-state index contributed by atoms with van der Waals surface area (Å²) in [6.45, 7) is -0.214. The molecule has 2 aromatic rings. The molecule has 1 aromatic carbocycles. The predicted molar refractivity (Wildman–Crippen MR) is 91.6 cm³/mol. The number of hydrogen-bond donors (Lipinski definition) is 2. The van der Waals surface area contributed by atoms with Crippen LogP contribution < -0.4 is 10.1 Å². The van der Waals surface area contributed by atoms with Crippen LogP contribution in [0.15, 0.2) is 48.8 Å². The summed E-state index contributed by atoms with van der Waals surface area (Å²) in [5, 5.41) is 12.1. The van der Waals surface area contributed by atoms with Gasteiger partial charge in [-0.25, -0.2) is 0 Å². The van der Waals surface area contributed by atoms with Gasteiger partial charge in [0.05, 0.1) is 12.6 Å². The Kier molecular flexibility index (Phi) is 6.60. The molecule has 0 aliphatic heterocycles. The molecule has 6 heteroatoms. The maximum Gasteiger partial charge on any atom is 0.258 e. The summed E-state index contributed by atoms with van der Waals surface area (Å²) < 4.78 is 6.51. The van der Waals surface area contributed by atoms with Gasteiger partial charge in [-0.3, -0.25) is 9.78 Å². The van der Waals surface area contributed by atoms with E-state index in [0.717, 1.165) is 9.13 Å². The molecule has 0 bridgehead atoms. The Morgan fingerprint density at radius 1 is 1.32 bits per heavy atom. The predicted octanol–water partition coefficient (Wildman–Crippen LogP) is 1.78. The zero-order valence-corrected chi connectivity index (χ0v) is 14.1. The summed E-state index contributed by atoms with van der Waals surface area (Å²) in [5.41, 5.74) is 0.959. The Bertz CT molecular complexity index is 590. The first-order valence-corrected chi connectivity index (χ1v) is 7.92. The van der Waals surface area contributed by atoms with Crippen molar-refractivity contribution in [1.29, 1.82) is 0 Å². The van der Waals surface area contributed by atoms with E-state index in [-0.39, 0.29) is 25.2 Å². The summed E-state index contributed by atoms with van der Waals surface area (Å²) in [6.07, 6.45) is 3.93. The molecule has 5 nitrogen and oxygen atoms in total. The molecule has 0 fully saturated rings. The molecule has 0 saturated heterocycles. The van der Waals surface area contributed by atoms with Crippen molar-refractivity contribution in [3.8, 4) is 5.75 Å². The average molecular weight is 412 g/mol. The maximum absolute atomic E-state index is 11.9. The van der Waals surface area contributed by atoms with Gasteiger partial charge in [-0.1, -0.05) is 6.07 Å². The number of aliphatic hydroxyl groups is 1. The molecule has 0 unspecified atom stereocenters. The highest BCUT2D eigenvalue weighted by molar-refractivity contribution is 14.1. The number of benzene rings is 1. The molecule has 0 aliphatic carbocycles. The van der Waals surface area contributed by atoms with Crippen molar-refractivity contribution in [1.82, 2.24) is 10.3 Å². The fourth-order valence-corrected chi connectivity index (χ4v) is 2.27. The Morgan fingerprint density at radius 2 is 2.09 bits per heavy atom. The lowest BCUT2D eigenvalue weighted by atomic mass is 10.1. The molecule has 2 rings (SSSR count). The average Bonchev–Trinajstić information content (AvgIpc) is 2.54. The number of aliphatic hydroxyl groups excluding tert-OH is 1. The van der Waals surface area contributed by atoms with E-state index in [1.54, 1.807) is 12.4 Å². The van der Waals surface area contributed by atoms with Crippen molar-refractivity contribution in [3.63, 3.8) is 0 Å². The third kappa shape index (κ3) is 5.61. The first kappa shape index (κ1) is 16.7. The third-order valence-corrected chi connectivity index (χ3v) is 3.69. The second kappa shape index (κ2) is 8.70. The van der Waals surface area contributed by atoms with Crippen LogP contribution in [0, 0.1) is 3.57 Å². The number of amides is 1. The van der Waals surface area contributed by atoms with Gasteiger partial charge in [-0.15, -0.1) is 0 Å². The van der Waals surface area contributed by atoms with Gasteiger partial charge in [0.15, 0.2) is 6.61 Å². The summed E-state index contributed by atoms with van der Waals surface area (Å²) in [5.74, 6) is 0.380. The van der Waals surface area contributed by atoms with Crippen LogP contribution in [0.25, 0.3) is 0 Å². The van der Waals surface area contributed by atoms with E-state index < -0.39 is 0 Å². The molecule has 0 saturated carbocycles. The number of pyridine rings is 1. The Balaban J connectivity index is 1.80. The van der Waals surface area contributed by atoms with Crippen molar-refractivity contribution in [2.75, 3.05) is 13.2 Å². The van der Waals surface area contributed by atoms with E-state index in [0.29, 0.717) is 12.2 Å². The van der Waals surface area contributed by atoms with Crippen LogP contribution in [-0.4, -0.2) is 35.3 Å². The minimum atomic E-state index is -0.350. The van der Waals surface area contributed by atoms with E-state index in [9.17, 15) is 9.90 Å². The van der Waals surface area contributed by atoms with Gasteiger partial charge >= 0.3 is 0 Å². The first-order valence-electron chi connectivity index (χ1n) is 6.85. The fraction of sp³-hybridized carbons (Fsp3) is 0.250. The first-order chi connectivity index (χ1) is 10.7. The topological polar surface area (TPSA) is 71.5 Å². The number of hydrogen-bond acceptors (Lipinski definition) is 4. The Morgan fingerprint density at radius 3 is 2.73 bits per heavy atom. The molecule has 116 valence electrons. The van der Waals surface area contributed by atoms with Crippen molar-refractivity contribution >= 4 is 28.5 Å². The zero-order valence-electron chi connectivity index (χ0n) is 11.9. The summed E-state index contributed by atoms with van der Waals surface area (Å²) >= 11 is 2.20. The van der Waals surface area contributed by atoms with E-state index in [4.69, 9.17) is 4.74 Å². The van der Waals surface area contributed by atoms with Gasteiger partial charge in [0.1, 0.15) is 5.75 Å². The number of halogens is 1. The lowest BCUT2D eigenvalue weighted by Gasteiger charge is -2.16. The molecular weight excluding hydrogens is 395 g/mol. The Labute approximate surface area is 142 Å². The SMILES string of the molecule is O=C(COc1ccc(I)cc1)N[C@H](CO)Cc1cccnc1. The van der Waals surface area contributed by atoms with Gasteiger partial charge in [0, 0.05) is 16.0 Å². The number of rotatable bonds is 7. The number of nitrogens with one attached hydrogen (secondary N) is 1. The maximum atomic E-state index is 11.9. The Hall–Kier alpha value is -1.67. The van der Waals surface area contributed by atoms with Crippen LogP contribution in [0.3, 0.4) is 0 Å². The molecule has 0 radical (unpaired) electrons. The van der Waals surface area contributed by atoms with Crippen LogP contribution in [0.5, 0.6) is 5.75 Å². The van der Waals surface area contributed by atoms with Gasteiger partial charge < -0.3 is 15.2 Å². The lowest BCUT2D eigenvalue weighted by molar-refractivity contribution is -0.124. The van der Waals surface area contributed by atoms with Crippen molar-refractivity contribution in [2.45, 2.75) is 12.5 Å². The van der Waals surface area contributed by atoms with Gasteiger partial charge in [-0.2, -0.15) is 0 Å².